The first-order valence-electron chi connectivity index (χ1n) is 8.99. The van der Waals surface area contributed by atoms with E-state index >= 15 is 0 Å². The molecule has 3 aromatic carbocycles. The monoisotopic (exact) mass is 432 g/mol. The van der Waals surface area contributed by atoms with Gasteiger partial charge in [0.15, 0.2) is 6.29 Å². The van der Waals surface area contributed by atoms with Gasteiger partial charge in [-0.2, -0.15) is 0 Å². The summed E-state index contributed by atoms with van der Waals surface area (Å²) in [4.78, 5) is 11.4. The minimum Gasteiger partial charge on any atom is -0.507 e. The first-order valence-corrected chi connectivity index (χ1v) is 10.1. The lowest BCUT2D eigenvalue weighted by atomic mass is 9.95. The highest BCUT2D eigenvalue weighted by Crippen LogP contribution is 2.36. The van der Waals surface area contributed by atoms with E-state index in [2.05, 4.69) is 0 Å². The number of aromatic hydroxyl groups is 1. The predicted molar refractivity (Wildman–Crippen MR) is 117 cm³/mol. The van der Waals surface area contributed by atoms with Crippen LogP contribution in [-0.4, -0.2) is 11.4 Å². The van der Waals surface area contributed by atoms with Gasteiger partial charge in [-0.15, -0.1) is 0 Å². The fraction of sp³-hybridized carbons (Fsp3) is 0.174. The topological polar surface area (TPSA) is 37.3 Å². The summed E-state index contributed by atoms with van der Waals surface area (Å²) in [5.74, 6) is -0.0432. The summed E-state index contributed by atoms with van der Waals surface area (Å²) in [5.41, 5.74) is 3.82. The maximum atomic E-state index is 11.4. The maximum absolute atomic E-state index is 11.4. The molecule has 3 rings (SSSR count). The summed E-state index contributed by atoms with van der Waals surface area (Å²) >= 11 is 18.0. The Kier molecular flexibility index (Phi) is 7.01. The summed E-state index contributed by atoms with van der Waals surface area (Å²) < 4.78 is 0. The molecule has 144 valence electrons. The van der Waals surface area contributed by atoms with Gasteiger partial charge in [-0.05, 0) is 78.8 Å². The molecule has 0 saturated heterocycles. The molecule has 0 heterocycles. The Hall–Kier alpha value is -2.00. The summed E-state index contributed by atoms with van der Waals surface area (Å²) in [6.07, 6.45) is 4.43. The van der Waals surface area contributed by atoms with E-state index in [1.165, 1.54) is 5.56 Å². The van der Waals surface area contributed by atoms with E-state index in [1.54, 1.807) is 24.3 Å². The Balaban J connectivity index is 1.74. The van der Waals surface area contributed by atoms with Gasteiger partial charge < -0.3 is 5.11 Å². The van der Waals surface area contributed by atoms with Crippen LogP contribution in [-0.2, 0) is 12.8 Å². The number of phenols is 1. The lowest BCUT2D eigenvalue weighted by Crippen LogP contribution is -1.94. The second-order valence-corrected chi connectivity index (χ2v) is 7.91. The molecule has 0 atom stereocenters. The number of rotatable bonds is 7. The summed E-state index contributed by atoms with van der Waals surface area (Å²) in [6, 6.07) is 16.7. The van der Waals surface area contributed by atoms with Crippen molar-refractivity contribution in [3.8, 4) is 16.9 Å². The van der Waals surface area contributed by atoms with Crippen molar-refractivity contribution in [2.75, 3.05) is 0 Å². The van der Waals surface area contributed by atoms with Crippen molar-refractivity contribution in [1.29, 1.82) is 0 Å². The minimum atomic E-state index is -0.0432. The normalized spacial score (nSPS) is 10.8. The van der Waals surface area contributed by atoms with E-state index in [-0.39, 0.29) is 11.3 Å². The largest absolute Gasteiger partial charge is 0.507 e. The van der Waals surface area contributed by atoms with E-state index in [0.717, 1.165) is 41.8 Å². The van der Waals surface area contributed by atoms with Crippen LogP contribution < -0.4 is 0 Å². The number of carbonyl (C=O) groups excluding carboxylic acids is 1. The van der Waals surface area contributed by atoms with Crippen LogP contribution in [0.4, 0.5) is 0 Å². The van der Waals surface area contributed by atoms with Crippen LogP contribution in [0.3, 0.4) is 0 Å². The minimum absolute atomic E-state index is 0.0432. The highest BCUT2D eigenvalue weighted by atomic mass is 35.5. The molecule has 5 heteroatoms. The van der Waals surface area contributed by atoms with E-state index in [1.807, 2.05) is 30.3 Å². The molecule has 0 radical (unpaired) electrons. The smallest absolute Gasteiger partial charge is 0.153 e. The Morgan fingerprint density at radius 1 is 0.786 bits per heavy atom. The van der Waals surface area contributed by atoms with Crippen LogP contribution in [0.15, 0.2) is 54.6 Å². The molecule has 0 bridgehead atoms. The number of hydrogen-bond acceptors (Lipinski definition) is 2. The number of phenolic OH excluding ortho intramolecular Hbond substituents is 1. The predicted octanol–water partition coefficient (Wildman–Crippen LogP) is 7.40. The van der Waals surface area contributed by atoms with Crippen molar-refractivity contribution in [3.05, 3.63) is 86.4 Å². The second kappa shape index (κ2) is 9.47. The fourth-order valence-electron chi connectivity index (χ4n) is 3.15. The molecule has 2 nitrogen and oxygen atoms in total. The van der Waals surface area contributed by atoms with E-state index in [9.17, 15) is 9.90 Å². The van der Waals surface area contributed by atoms with Gasteiger partial charge >= 0.3 is 0 Å². The molecule has 0 aliphatic rings. The number of carbonyl (C=O) groups is 1. The molecule has 28 heavy (non-hydrogen) atoms. The maximum Gasteiger partial charge on any atom is 0.153 e. The van der Waals surface area contributed by atoms with Gasteiger partial charge in [0.2, 0.25) is 0 Å². The van der Waals surface area contributed by atoms with Gasteiger partial charge in [0.1, 0.15) is 5.75 Å². The number of aryl methyl sites for hydroxylation is 2. The Morgan fingerprint density at radius 3 is 2.11 bits per heavy atom. The zero-order valence-electron chi connectivity index (χ0n) is 15.1. The van der Waals surface area contributed by atoms with Crippen molar-refractivity contribution >= 4 is 41.1 Å². The molecule has 0 saturated carbocycles. The Morgan fingerprint density at radius 2 is 1.46 bits per heavy atom. The highest BCUT2D eigenvalue weighted by Gasteiger charge is 2.13. The Bertz CT molecular complexity index is 982. The Labute approximate surface area is 179 Å². The number of unbranched alkanes of at least 4 members (excludes halogenated alkanes) is 1. The molecule has 0 aromatic heterocycles. The van der Waals surface area contributed by atoms with E-state index in [0.29, 0.717) is 21.9 Å². The SMILES string of the molecule is O=Cc1cc(CCCCc2ccc(Cl)cc2)cc(-c2ccc(Cl)c(Cl)c2)c1O. The van der Waals surface area contributed by atoms with Crippen molar-refractivity contribution in [2.24, 2.45) is 0 Å². The van der Waals surface area contributed by atoms with Crippen LogP contribution >= 0.6 is 34.8 Å². The average molecular weight is 434 g/mol. The second-order valence-electron chi connectivity index (χ2n) is 6.66. The number of halogens is 3. The van der Waals surface area contributed by atoms with Gasteiger partial charge in [0.05, 0.1) is 15.6 Å². The first-order chi connectivity index (χ1) is 13.5. The zero-order valence-corrected chi connectivity index (χ0v) is 17.4. The van der Waals surface area contributed by atoms with Gasteiger partial charge in [0.25, 0.3) is 0 Å². The third kappa shape index (κ3) is 5.08. The van der Waals surface area contributed by atoms with Gasteiger partial charge in [-0.25, -0.2) is 0 Å². The first kappa shape index (κ1) is 20.7. The van der Waals surface area contributed by atoms with Crippen molar-refractivity contribution < 1.29 is 9.90 Å². The molecule has 3 aromatic rings. The van der Waals surface area contributed by atoms with Gasteiger partial charge in [-0.3, -0.25) is 4.79 Å². The number of hydrogen-bond donors (Lipinski definition) is 1. The molecule has 0 amide bonds. The summed E-state index contributed by atoms with van der Waals surface area (Å²) in [5, 5.41) is 12.0. The van der Waals surface area contributed by atoms with Gasteiger partial charge in [-0.1, -0.05) is 53.0 Å². The standard InChI is InChI=1S/C23H19Cl3O2/c24-19-8-5-15(6-9-19)3-1-2-4-16-11-18(14-27)23(28)20(12-16)17-7-10-21(25)22(26)13-17/h5-14,28H,1-4H2. The highest BCUT2D eigenvalue weighted by molar-refractivity contribution is 6.42. The van der Waals surface area contributed by atoms with Crippen LogP contribution in [0, 0.1) is 0 Å². The van der Waals surface area contributed by atoms with Crippen molar-refractivity contribution in [1.82, 2.24) is 0 Å². The zero-order chi connectivity index (χ0) is 20.1. The molecule has 0 aliphatic heterocycles. The third-order valence-electron chi connectivity index (χ3n) is 4.65. The average Bonchev–Trinajstić information content (AvgIpc) is 2.69. The number of aldehydes is 1. The van der Waals surface area contributed by atoms with Crippen LogP contribution in [0.25, 0.3) is 11.1 Å². The third-order valence-corrected chi connectivity index (χ3v) is 5.64. The summed E-state index contributed by atoms with van der Waals surface area (Å²) in [6.45, 7) is 0. The molecule has 0 fully saturated rings. The van der Waals surface area contributed by atoms with Crippen LogP contribution in [0.5, 0.6) is 5.75 Å². The molecular formula is C23H19Cl3O2. The van der Waals surface area contributed by atoms with E-state index in [4.69, 9.17) is 34.8 Å². The molecule has 0 unspecified atom stereocenters. The molecule has 1 N–H and O–H groups in total. The molecular weight excluding hydrogens is 415 g/mol. The fourth-order valence-corrected chi connectivity index (χ4v) is 3.57. The number of benzene rings is 3. The lowest BCUT2D eigenvalue weighted by Gasteiger charge is -2.12. The van der Waals surface area contributed by atoms with Crippen LogP contribution in [0.2, 0.25) is 15.1 Å². The molecule has 0 aliphatic carbocycles. The quantitative estimate of drug-likeness (QED) is 0.311. The van der Waals surface area contributed by atoms with Crippen molar-refractivity contribution in [3.63, 3.8) is 0 Å². The van der Waals surface area contributed by atoms with E-state index < -0.39 is 0 Å². The lowest BCUT2D eigenvalue weighted by molar-refractivity contribution is 0.112. The van der Waals surface area contributed by atoms with Crippen molar-refractivity contribution in [2.45, 2.75) is 25.7 Å². The van der Waals surface area contributed by atoms with Crippen LogP contribution in [0.1, 0.15) is 34.3 Å². The molecule has 0 spiro atoms. The summed E-state index contributed by atoms with van der Waals surface area (Å²) in [7, 11) is 0. The van der Waals surface area contributed by atoms with Gasteiger partial charge in [0, 0.05) is 10.6 Å².